The SMILES string of the molecule is Cc1ccc(OCc2nc3ccc(Cl)cc3n2CCCN2CCOCC2)c(C)c1. The molecule has 3 aromatic rings. The van der Waals surface area contributed by atoms with Gasteiger partial charge < -0.3 is 14.0 Å². The summed E-state index contributed by atoms with van der Waals surface area (Å²) in [5, 5.41) is 0.730. The zero-order valence-electron chi connectivity index (χ0n) is 17.2. The molecule has 1 fully saturated rings. The molecule has 0 radical (unpaired) electrons. The summed E-state index contributed by atoms with van der Waals surface area (Å²) in [7, 11) is 0. The van der Waals surface area contributed by atoms with Crippen LogP contribution in [0, 0.1) is 13.8 Å². The molecule has 0 spiro atoms. The Bertz CT molecular complexity index is 980. The number of aryl methyl sites for hydroxylation is 3. The predicted molar refractivity (Wildman–Crippen MR) is 117 cm³/mol. The minimum absolute atomic E-state index is 0.438. The number of hydrogen-bond donors (Lipinski definition) is 0. The van der Waals surface area contributed by atoms with Crippen LogP contribution >= 0.6 is 11.6 Å². The second-order valence-electron chi connectivity index (χ2n) is 7.68. The number of halogens is 1. The fourth-order valence-electron chi connectivity index (χ4n) is 3.89. The van der Waals surface area contributed by atoms with Crippen molar-refractivity contribution in [1.82, 2.24) is 14.5 Å². The van der Waals surface area contributed by atoms with Gasteiger partial charge in [0, 0.05) is 31.2 Å². The minimum atomic E-state index is 0.438. The maximum absolute atomic E-state index is 6.27. The number of morpholine rings is 1. The molecule has 0 saturated carbocycles. The van der Waals surface area contributed by atoms with Crippen molar-refractivity contribution in [3.8, 4) is 5.75 Å². The van der Waals surface area contributed by atoms with Crippen molar-refractivity contribution >= 4 is 22.6 Å². The summed E-state index contributed by atoms with van der Waals surface area (Å²) in [5.41, 5.74) is 4.40. The third-order valence-electron chi connectivity index (χ3n) is 5.44. The van der Waals surface area contributed by atoms with Crippen molar-refractivity contribution in [3.05, 3.63) is 58.4 Å². The molecule has 0 bridgehead atoms. The molecule has 0 unspecified atom stereocenters. The summed E-state index contributed by atoms with van der Waals surface area (Å²) in [4.78, 5) is 7.29. The first-order chi connectivity index (χ1) is 14.1. The number of fused-ring (bicyclic) bond motifs is 1. The number of imidazole rings is 1. The predicted octanol–water partition coefficient (Wildman–Crippen LogP) is 4.61. The van der Waals surface area contributed by atoms with E-state index in [9.17, 15) is 0 Å². The molecule has 0 N–H and O–H groups in total. The van der Waals surface area contributed by atoms with Crippen molar-refractivity contribution in [2.45, 2.75) is 33.4 Å². The van der Waals surface area contributed by atoms with Gasteiger partial charge in [-0.2, -0.15) is 0 Å². The van der Waals surface area contributed by atoms with Gasteiger partial charge in [-0.3, -0.25) is 4.90 Å². The first-order valence-electron chi connectivity index (χ1n) is 10.2. The van der Waals surface area contributed by atoms with E-state index in [1.807, 2.05) is 24.3 Å². The topological polar surface area (TPSA) is 39.5 Å². The molecule has 1 aromatic heterocycles. The maximum atomic E-state index is 6.27. The molecule has 4 rings (SSSR count). The summed E-state index contributed by atoms with van der Waals surface area (Å²) >= 11 is 6.27. The van der Waals surface area contributed by atoms with Crippen LogP contribution in [0.2, 0.25) is 5.02 Å². The lowest BCUT2D eigenvalue weighted by atomic mass is 10.1. The van der Waals surface area contributed by atoms with Crippen LogP contribution in [0.15, 0.2) is 36.4 Å². The van der Waals surface area contributed by atoms with E-state index in [0.717, 1.165) is 79.0 Å². The number of aromatic nitrogens is 2. The van der Waals surface area contributed by atoms with Crippen molar-refractivity contribution in [1.29, 1.82) is 0 Å². The Hall–Kier alpha value is -2.08. The van der Waals surface area contributed by atoms with Crippen molar-refractivity contribution in [2.24, 2.45) is 0 Å². The molecule has 29 heavy (non-hydrogen) atoms. The molecule has 0 aliphatic carbocycles. The number of rotatable bonds is 7. The average molecular weight is 414 g/mol. The van der Waals surface area contributed by atoms with E-state index in [1.54, 1.807) is 0 Å². The van der Waals surface area contributed by atoms with E-state index >= 15 is 0 Å². The second kappa shape index (κ2) is 9.16. The van der Waals surface area contributed by atoms with Crippen LogP contribution in [0.1, 0.15) is 23.4 Å². The fourth-order valence-corrected chi connectivity index (χ4v) is 4.05. The van der Waals surface area contributed by atoms with Crippen LogP contribution in [0.25, 0.3) is 11.0 Å². The Kier molecular flexibility index (Phi) is 6.38. The fraction of sp³-hybridized carbons (Fsp3) is 0.435. The molecular weight excluding hydrogens is 386 g/mol. The Morgan fingerprint density at radius 1 is 1.07 bits per heavy atom. The summed E-state index contributed by atoms with van der Waals surface area (Å²) in [6.07, 6.45) is 1.05. The van der Waals surface area contributed by atoms with Crippen LogP contribution in [0.3, 0.4) is 0 Å². The minimum Gasteiger partial charge on any atom is -0.485 e. The van der Waals surface area contributed by atoms with Gasteiger partial charge in [0.2, 0.25) is 0 Å². The number of ether oxygens (including phenoxy) is 2. The number of benzene rings is 2. The van der Waals surface area contributed by atoms with Crippen LogP contribution < -0.4 is 4.74 Å². The van der Waals surface area contributed by atoms with E-state index < -0.39 is 0 Å². The molecule has 2 aromatic carbocycles. The largest absolute Gasteiger partial charge is 0.485 e. The Labute approximate surface area is 177 Å². The highest BCUT2D eigenvalue weighted by Gasteiger charge is 2.14. The highest BCUT2D eigenvalue weighted by atomic mass is 35.5. The van der Waals surface area contributed by atoms with Crippen LogP contribution in [0.4, 0.5) is 0 Å². The first-order valence-corrected chi connectivity index (χ1v) is 10.6. The molecule has 5 nitrogen and oxygen atoms in total. The molecule has 1 aliphatic rings. The van der Waals surface area contributed by atoms with Gasteiger partial charge in [-0.05, 0) is 50.1 Å². The normalized spacial score (nSPS) is 15.1. The lowest BCUT2D eigenvalue weighted by Crippen LogP contribution is -2.37. The van der Waals surface area contributed by atoms with Crippen molar-refractivity contribution < 1.29 is 9.47 Å². The molecule has 154 valence electrons. The summed E-state index contributed by atoms with van der Waals surface area (Å²) in [6, 6.07) is 12.1. The van der Waals surface area contributed by atoms with Gasteiger partial charge in [0.1, 0.15) is 18.2 Å². The standard InChI is InChI=1S/C23H28ClN3O2/c1-17-4-7-22(18(2)14-17)29-16-23-25-20-6-5-19(24)15-21(20)27(23)9-3-8-26-10-12-28-13-11-26/h4-7,14-15H,3,8-13,16H2,1-2H3. The smallest absolute Gasteiger partial charge is 0.147 e. The van der Waals surface area contributed by atoms with Gasteiger partial charge in [0.25, 0.3) is 0 Å². The van der Waals surface area contributed by atoms with Crippen LogP contribution in [-0.4, -0.2) is 47.3 Å². The van der Waals surface area contributed by atoms with E-state index in [-0.39, 0.29) is 0 Å². The van der Waals surface area contributed by atoms with Gasteiger partial charge in [-0.1, -0.05) is 29.3 Å². The zero-order valence-corrected chi connectivity index (χ0v) is 17.9. The highest BCUT2D eigenvalue weighted by molar-refractivity contribution is 6.31. The maximum Gasteiger partial charge on any atom is 0.147 e. The Balaban J connectivity index is 1.51. The van der Waals surface area contributed by atoms with Gasteiger partial charge in [-0.15, -0.1) is 0 Å². The highest BCUT2D eigenvalue weighted by Crippen LogP contribution is 2.24. The van der Waals surface area contributed by atoms with Gasteiger partial charge >= 0.3 is 0 Å². The molecule has 0 atom stereocenters. The van der Waals surface area contributed by atoms with Crippen LogP contribution in [0.5, 0.6) is 5.75 Å². The van der Waals surface area contributed by atoms with Crippen molar-refractivity contribution in [3.63, 3.8) is 0 Å². The average Bonchev–Trinajstić information content (AvgIpc) is 3.05. The monoisotopic (exact) mass is 413 g/mol. The number of hydrogen-bond acceptors (Lipinski definition) is 4. The lowest BCUT2D eigenvalue weighted by Gasteiger charge is -2.26. The molecule has 2 heterocycles. The van der Waals surface area contributed by atoms with E-state index in [1.165, 1.54) is 5.56 Å². The van der Waals surface area contributed by atoms with Gasteiger partial charge in [-0.25, -0.2) is 4.98 Å². The molecule has 0 amide bonds. The third kappa shape index (κ3) is 4.92. The molecular formula is C23H28ClN3O2. The number of nitrogens with zero attached hydrogens (tertiary/aromatic N) is 3. The lowest BCUT2D eigenvalue weighted by molar-refractivity contribution is 0.0369. The summed E-state index contributed by atoms with van der Waals surface area (Å²) in [5.74, 6) is 1.84. The Morgan fingerprint density at radius 2 is 1.90 bits per heavy atom. The molecule has 6 heteroatoms. The molecule has 1 aliphatic heterocycles. The van der Waals surface area contributed by atoms with E-state index in [2.05, 4.69) is 35.4 Å². The van der Waals surface area contributed by atoms with E-state index in [0.29, 0.717) is 6.61 Å². The summed E-state index contributed by atoms with van der Waals surface area (Å²) in [6.45, 7) is 10.2. The Morgan fingerprint density at radius 3 is 2.69 bits per heavy atom. The zero-order chi connectivity index (χ0) is 20.2. The summed E-state index contributed by atoms with van der Waals surface area (Å²) < 4.78 is 13.8. The van der Waals surface area contributed by atoms with Gasteiger partial charge in [0.05, 0.1) is 24.2 Å². The quantitative estimate of drug-likeness (QED) is 0.567. The third-order valence-corrected chi connectivity index (χ3v) is 5.67. The second-order valence-corrected chi connectivity index (χ2v) is 8.11. The van der Waals surface area contributed by atoms with Gasteiger partial charge in [0.15, 0.2) is 0 Å². The molecule has 1 saturated heterocycles. The van der Waals surface area contributed by atoms with E-state index in [4.69, 9.17) is 26.1 Å². The van der Waals surface area contributed by atoms with Crippen LogP contribution in [-0.2, 0) is 17.9 Å². The first kappa shape index (κ1) is 20.2. The van der Waals surface area contributed by atoms with Crippen molar-refractivity contribution in [2.75, 3.05) is 32.8 Å².